The van der Waals surface area contributed by atoms with Crippen molar-refractivity contribution in [2.24, 2.45) is 7.05 Å². The largest absolute Gasteiger partial charge is 0.333 e. The van der Waals surface area contributed by atoms with Crippen LogP contribution in [0.4, 0.5) is 0 Å². The highest BCUT2D eigenvalue weighted by Gasteiger charge is 2.30. The van der Waals surface area contributed by atoms with E-state index in [2.05, 4.69) is 17.2 Å². The molecule has 0 N–H and O–H groups in total. The van der Waals surface area contributed by atoms with Crippen molar-refractivity contribution in [3.05, 3.63) is 87.2 Å². The van der Waals surface area contributed by atoms with Gasteiger partial charge in [-0.05, 0) is 34.9 Å². The van der Waals surface area contributed by atoms with Crippen LogP contribution in [0.25, 0.3) is 0 Å². The van der Waals surface area contributed by atoms with Gasteiger partial charge in [-0.2, -0.15) is 5.10 Å². The van der Waals surface area contributed by atoms with Gasteiger partial charge in [0.25, 0.3) is 5.91 Å². The van der Waals surface area contributed by atoms with Gasteiger partial charge in [-0.1, -0.05) is 47.5 Å². The van der Waals surface area contributed by atoms with Gasteiger partial charge in [0.2, 0.25) is 0 Å². The van der Waals surface area contributed by atoms with Gasteiger partial charge in [0.15, 0.2) is 0 Å². The number of aromatic nitrogens is 2. The van der Waals surface area contributed by atoms with Crippen LogP contribution in [-0.4, -0.2) is 27.1 Å². The van der Waals surface area contributed by atoms with Crippen molar-refractivity contribution in [1.29, 1.82) is 0 Å². The van der Waals surface area contributed by atoms with Gasteiger partial charge < -0.3 is 4.90 Å². The zero-order valence-electron chi connectivity index (χ0n) is 14.2. The number of halogens is 2. The van der Waals surface area contributed by atoms with Crippen molar-refractivity contribution in [2.45, 2.75) is 12.5 Å². The van der Waals surface area contributed by atoms with Crippen molar-refractivity contribution >= 4 is 29.1 Å². The lowest BCUT2D eigenvalue weighted by Gasteiger charge is -2.34. The summed E-state index contributed by atoms with van der Waals surface area (Å²) in [6, 6.07) is 13.2. The summed E-state index contributed by atoms with van der Waals surface area (Å²) in [6.07, 6.45) is 3.87. The molecule has 1 aromatic heterocycles. The molecule has 26 heavy (non-hydrogen) atoms. The summed E-state index contributed by atoms with van der Waals surface area (Å²) < 4.78 is 1.79. The quantitative estimate of drug-likeness (QED) is 0.650. The molecule has 1 unspecified atom stereocenters. The molecule has 1 aliphatic heterocycles. The van der Waals surface area contributed by atoms with Gasteiger partial charge >= 0.3 is 0 Å². The number of aryl methyl sites for hydroxylation is 1. The van der Waals surface area contributed by atoms with E-state index in [0.717, 1.165) is 11.1 Å². The van der Waals surface area contributed by atoms with Crippen molar-refractivity contribution in [3.8, 4) is 0 Å². The maximum absolute atomic E-state index is 13.1. The first-order valence-corrected chi connectivity index (χ1v) is 9.09. The second-order valence-electron chi connectivity index (χ2n) is 6.51. The number of benzene rings is 2. The predicted octanol–water partition coefficient (Wildman–Crippen LogP) is 4.51. The molecule has 0 spiro atoms. The number of hydrogen-bond donors (Lipinski definition) is 0. The minimum absolute atomic E-state index is 0.0867. The Labute approximate surface area is 161 Å². The minimum Gasteiger partial charge on any atom is -0.333 e. The molecule has 6 heteroatoms. The Hall–Kier alpha value is -2.30. The minimum atomic E-state index is -0.0879. The molecule has 0 aliphatic carbocycles. The standard InChI is InChI=1S/C20H17Cl2N3O/c1-24-10-14(9-23-24)18-12-25(11-13-4-2-3-5-16(13)18)20(26)17-7-6-15(21)8-19(17)22/h2-10,18H,11-12H2,1H3. The maximum atomic E-state index is 13.1. The molecule has 2 aromatic carbocycles. The topological polar surface area (TPSA) is 38.1 Å². The zero-order chi connectivity index (χ0) is 18.3. The van der Waals surface area contributed by atoms with E-state index >= 15 is 0 Å². The molecule has 1 atom stereocenters. The highest BCUT2D eigenvalue weighted by Crippen LogP contribution is 2.34. The normalized spacial score (nSPS) is 16.4. The third-order valence-electron chi connectivity index (χ3n) is 4.77. The van der Waals surface area contributed by atoms with Crippen LogP contribution in [0.5, 0.6) is 0 Å². The van der Waals surface area contributed by atoms with Crippen molar-refractivity contribution in [3.63, 3.8) is 0 Å². The molecule has 0 fully saturated rings. The lowest BCUT2D eigenvalue weighted by molar-refractivity contribution is 0.0725. The van der Waals surface area contributed by atoms with Crippen LogP contribution in [0.15, 0.2) is 54.9 Å². The molecule has 2 heterocycles. The van der Waals surface area contributed by atoms with Gasteiger partial charge in [-0.15, -0.1) is 0 Å². The van der Waals surface area contributed by atoms with E-state index in [1.54, 1.807) is 22.9 Å². The van der Waals surface area contributed by atoms with E-state index in [9.17, 15) is 4.79 Å². The fourth-order valence-corrected chi connectivity index (χ4v) is 3.99. The summed E-state index contributed by atoms with van der Waals surface area (Å²) in [5.41, 5.74) is 3.96. The van der Waals surface area contributed by atoms with Gasteiger partial charge in [-0.25, -0.2) is 0 Å². The second-order valence-corrected chi connectivity index (χ2v) is 7.35. The maximum Gasteiger partial charge on any atom is 0.255 e. The molecule has 3 aromatic rings. The number of hydrogen-bond acceptors (Lipinski definition) is 2. The molecule has 1 amide bonds. The molecule has 4 rings (SSSR count). The van der Waals surface area contributed by atoms with Crippen LogP contribution in [-0.2, 0) is 13.6 Å². The van der Waals surface area contributed by atoms with Crippen molar-refractivity contribution in [2.75, 3.05) is 6.54 Å². The summed E-state index contributed by atoms with van der Waals surface area (Å²) in [7, 11) is 1.90. The molecule has 0 bridgehead atoms. The third-order valence-corrected chi connectivity index (χ3v) is 5.32. The first-order valence-electron chi connectivity index (χ1n) is 8.33. The van der Waals surface area contributed by atoms with Crippen LogP contribution in [0.2, 0.25) is 10.0 Å². The molecule has 0 saturated heterocycles. The third kappa shape index (κ3) is 3.11. The summed E-state index contributed by atoms with van der Waals surface area (Å²) in [5.74, 6) is -0.00117. The van der Waals surface area contributed by atoms with Crippen molar-refractivity contribution in [1.82, 2.24) is 14.7 Å². The Balaban J connectivity index is 1.72. The number of amides is 1. The predicted molar refractivity (Wildman–Crippen MR) is 103 cm³/mol. The van der Waals surface area contributed by atoms with E-state index in [0.29, 0.717) is 28.7 Å². The molecular formula is C20H17Cl2N3O. The number of fused-ring (bicyclic) bond motifs is 1. The first-order chi connectivity index (χ1) is 12.5. The Bertz CT molecular complexity index is 983. The SMILES string of the molecule is Cn1cc(C2CN(C(=O)c3ccc(Cl)cc3Cl)Cc3ccccc32)cn1. The molecule has 0 saturated carbocycles. The molecular weight excluding hydrogens is 369 g/mol. The smallest absolute Gasteiger partial charge is 0.255 e. The van der Waals surface area contributed by atoms with Crippen LogP contribution in [0, 0.1) is 0 Å². The number of carbonyl (C=O) groups is 1. The van der Waals surface area contributed by atoms with Crippen LogP contribution in [0.1, 0.15) is 33.0 Å². The van der Waals surface area contributed by atoms with E-state index in [1.807, 2.05) is 36.5 Å². The number of rotatable bonds is 2. The van der Waals surface area contributed by atoms with Crippen molar-refractivity contribution < 1.29 is 4.79 Å². The van der Waals surface area contributed by atoms with Gasteiger partial charge in [0, 0.05) is 37.3 Å². The average Bonchev–Trinajstić information content (AvgIpc) is 3.06. The van der Waals surface area contributed by atoms with Gasteiger partial charge in [0.05, 0.1) is 16.8 Å². The zero-order valence-corrected chi connectivity index (χ0v) is 15.7. The molecule has 132 valence electrons. The summed E-state index contributed by atoms with van der Waals surface area (Å²) in [5, 5.41) is 5.19. The lowest BCUT2D eigenvalue weighted by Crippen LogP contribution is -2.38. The summed E-state index contributed by atoms with van der Waals surface area (Å²) >= 11 is 12.2. The van der Waals surface area contributed by atoms with Crippen LogP contribution in [0.3, 0.4) is 0 Å². The van der Waals surface area contributed by atoms with E-state index in [4.69, 9.17) is 23.2 Å². The van der Waals surface area contributed by atoms with Crippen LogP contribution < -0.4 is 0 Å². The van der Waals surface area contributed by atoms with E-state index < -0.39 is 0 Å². The monoisotopic (exact) mass is 385 g/mol. The van der Waals surface area contributed by atoms with E-state index in [-0.39, 0.29) is 11.8 Å². The lowest BCUT2D eigenvalue weighted by atomic mass is 9.86. The Morgan fingerprint density at radius 3 is 2.73 bits per heavy atom. The highest BCUT2D eigenvalue weighted by atomic mass is 35.5. The van der Waals surface area contributed by atoms with Gasteiger partial charge in [-0.3, -0.25) is 9.48 Å². The Morgan fingerprint density at radius 2 is 2.00 bits per heavy atom. The number of nitrogens with zero attached hydrogens (tertiary/aromatic N) is 3. The fourth-order valence-electron chi connectivity index (χ4n) is 3.50. The van der Waals surface area contributed by atoms with Crippen LogP contribution >= 0.6 is 23.2 Å². The summed E-state index contributed by atoms with van der Waals surface area (Å²) in [6.45, 7) is 1.14. The summed E-state index contributed by atoms with van der Waals surface area (Å²) in [4.78, 5) is 14.9. The highest BCUT2D eigenvalue weighted by molar-refractivity contribution is 6.36. The molecule has 4 nitrogen and oxygen atoms in total. The second kappa shape index (κ2) is 6.78. The Morgan fingerprint density at radius 1 is 1.19 bits per heavy atom. The Kier molecular flexibility index (Phi) is 4.47. The number of carbonyl (C=O) groups excluding carboxylic acids is 1. The first kappa shape index (κ1) is 17.1. The average molecular weight is 386 g/mol. The fraction of sp³-hybridized carbons (Fsp3) is 0.200. The van der Waals surface area contributed by atoms with Gasteiger partial charge in [0.1, 0.15) is 0 Å². The molecule has 0 radical (unpaired) electrons. The molecule has 1 aliphatic rings. The van der Waals surface area contributed by atoms with E-state index in [1.165, 1.54) is 5.56 Å².